The smallest absolute Gasteiger partial charge is 0.237 e. The maximum absolute atomic E-state index is 11.6. The van der Waals surface area contributed by atoms with Crippen LogP contribution in [0.4, 0.5) is 0 Å². The van der Waals surface area contributed by atoms with Crippen molar-refractivity contribution in [1.82, 2.24) is 10.1 Å². The van der Waals surface area contributed by atoms with Gasteiger partial charge in [0.2, 0.25) is 11.7 Å². The molecule has 0 radical (unpaired) electrons. The van der Waals surface area contributed by atoms with Crippen LogP contribution < -0.4 is 0 Å². The molecule has 0 fully saturated rings. The number of hydrogen-bond acceptors (Lipinski definition) is 5. The third kappa shape index (κ3) is 3.38. The zero-order valence-electron chi connectivity index (χ0n) is 11.8. The van der Waals surface area contributed by atoms with Crippen molar-refractivity contribution in [1.29, 1.82) is 0 Å². The molecule has 1 rings (SSSR count). The predicted octanol–water partition coefficient (Wildman–Crippen LogP) is 2.89. The molecule has 5 nitrogen and oxygen atoms in total. The molecule has 102 valence electrons. The van der Waals surface area contributed by atoms with Gasteiger partial charge in [-0.2, -0.15) is 4.98 Å². The molecule has 1 heterocycles. The van der Waals surface area contributed by atoms with Crippen molar-refractivity contribution in [2.45, 2.75) is 53.1 Å². The molecule has 1 aromatic rings. The van der Waals surface area contributed by atoms with Gasteiger partial charge in [0.1, 0.15) is 11.9 Å². The van der Waals surface area contributed by atoms with E-state index < -0.39 is 0 Å². The van der Waals surface area contributed by atoms with E-state index in [2.05, 4.69) is 10.1 Å². The van der Waals surface area contributed by atoms with Gasteiger partial charge in [0.05, 0.1) is 5.92 Å². The van der Waals surface area contributed by atoms with Crippen molar-refractivity contribution in [2.75, 3.05) is 6.61 Å². The highest BCUT2D eigenvalue weighted by Crippen LogP contribution is 2.25. The highest BCUT2D eigenvalue weighted by atomic mass is 16.5. The van der Waals surface area contributed by atoms with E-state index in [9.17, 15) is 4.79 Å². The van der Waals surface area contributed by atoms with Crippen molar-refractivity contribution in [3.8, 4) is 0 Å². The molecular weight excluding hydrogens is 232 g/mol. The number of carbonyl (C=O) groups excluding carboxylic acids is 1. The molecule has 0 aliphatic carbocycles. The molecule has 0 aliphatic rings. The van der Waals surface area contributed by atoms with Crippen LogP contribution in [0.3, 0.4) is 0 Å². The molecule has 0 aliphatic heterocycles. The SMILES string of the molecule is CCOC(c1noc(C(C)C(=O)CC)n1)C(C)C. The van der Waals surface area contributed by atoms with Gasteiger partial charge in [-0.25, -0.2) is 0 Å². The molecule has 18 heavy (non-hydrogen) atoms. The minimum Gasteiger partial charge on any atom is -0.370 e. The number of Topliss-reactive ketones (excluding diaryl/α,β-unsaturated/α-hetero) is 1. The molecule has 2 unspecified atom stereocenters. The van der Waals surface area contributed by atoms with E-state index in [0.717, 1.165) is 0 Å². The average molecular weight is 254 g/mol. The van der Waals surface area contributed by atoms with Crippen LogP contribution in [0, 0.1) is 5.92 Å². The third-order valence-electron chi connectivity index (χ3n) is 2.87. The van der Waals surface area contributed by atoms with Gasteiger partial charge in [-0.15, -0.1) is 0 Å². The van der Waals surface area contributed by atoms with E-state index in [-0.39, 0.29) is 23.7 Å². The number of nitrogens with zero attached hydrogens (tertiary/aromatic N) is 2. The number of ether oxygens (including phenoxy) is 1. The molecule has 0 amide bonds. The zero-order valence-corrected chi connectivity index (χ0v) is 11.8. The van der Waals surface area contributed by atoms with Gasteiger partial charge < -0.3 is 9.26 Å². The van der Waals surface area contributed by atoms with Gasteiger partial charge >= 0.3 is 0 Å². The first kappa shape index (κ1) is 14.8. The van der Waals surface area contributed by atoms with Crippen LogP contribution in [-0.4, -0.2) is 22.5 Å². The molecule has 0 aromatic carbocycles. The van der Waals surface area contributed by atoms with Crippen molar-refractivity contribution in [3.05, 3.63) is 11.7 Å². The summed E-state index contributed by atoms with van der Waals surface area (Å²) in [6.07, 6.45) is 0.286. The molecule has 0 N–H and O–H groups in total. The Bertz CT molecular complexity index is 387. The van der Waals surface area contributed by atoms with Crippen LogP contribution in [0.1, 0.15) is 64.8 Å². The summed E-state index contributed by atoms with van der Waals surface area (Å²) in [6, 6.07) is 0. The fourth-order valence-corrected chi connectivity index (χ4v) is 1.73. The lowest BCUT2D eigenvalue weighted by Crippen LogP contribution is -2.13. The summed E-state index contributed by atoms with van der Waals surface area (Å²) in [4.78, 5) is 15.9. The second kappa shape index (κ2) is 6.64. The van der Waals surface area contributed by atoms with Crippen LogP contribution in [0.25, 0.3) is 0 Å². The number of ketones is 1. The van der Waals surface area contributed by atoms with Gasteiger partial charge in [0.25, 0.3) is 0 Å². The number of rotatable bonds is 7. The van der Waals surface area contributed by atoms with E-state index >= 15 is 0 Å². The molecule has 1 aromatic heterocycles. The van der Waals surface area contributed by atoms with E-state index in [1.807, 2.05) is 27.7 Å². The summed E-state index contributed by atoms with van der Waals surface area (Å²) in [5.41, 5.74) is 0. The van der Waals surface area contributed by atoms with Crippen LogP contribution in [0.5, 0.6) is 0 Å². The summed E-state index contributed by atoms with van der Waals surface area (Å²) in [5, 5.41) is 3.93. The van der Waals surface area contributed by atoms with E-state index in [0.29, 0.717) is 24.7 Å². The van der Waals surface area contributed by atoms with Gasteiger partial charge in [0.15, 0.2) is 0 Å². The van der Waals surface area contributed by atoms with E-state index in [4.69, 9.17) is 9.26 Å². The first-order valence-corrected chi connectivity index (χ1v) is 6.49. The normalized spacial score (nSPS) is 14.8. The number of carbonyl (C=O) groups is 1. The average Bonchev–Trinajstić information content (AvgIpc) is 2.82. The van der Waals surface area contributed by atoms with E-state index in [1.165, 1.54) is 0 Å². The van der Waals surface area contributed by atoms with Gasteiger partial charge in [-0.1, -0.05) is 25.9 Å². The molecule has 0 saturated heterocycles. The lowest BCUT2D eigenvalue weighted by Gasteiger charge is -2.16. The van der Waals surface area contributed by atoms with Crippen molar-refractivity contribution >= 4 is 5.78 Å². The lowest BCUT2D eigenvalue weighted by atomic mass is 10.0. The Morgan fingerprint density at radius 2 is 2.00 bits per heavy atom. The standard InChI is InChI=1S/C13H22N2O3/c1-6-10(16)9(5)13-14-12(15-18-13)11(8(3)4)17-7-2/h8-9,11H,6-7H2,1-5H3. The Kier molecular flexibility index (Phi) is 5.47. The Hall–Kier alpha value is -1.23. The Labute approximate surface area is 108 Å². The van der Waals surface area contributed by atoms with Crippen molar-refractivity contribution in [3.63, 3.8) is 0 Å². The summed E-state index contributed by atoms with van der Waals surface area (Å²) in [7, 11) is 0. The highest BCUT2D eigenvalue weighted by Gasteiger charge is 2.25. The quantitative estimate of drug-likeness (QED) is 0.748. The zero-order chi connectivity index (χ0) is 13.7. The van der Waals surface area contributed by atoms with Crippen molar-refractivity contribution < 1.29 is 14.1 Å². The first-order chi connectivity index (χ1) is 8.51. The van der Waals surface area contributed by atoms with Crippen LogP contribution >= 0.6 is 0 Å². The molecule has 0 saturated carbocycles. The first-order valence-electron chi connectivity index (χ1n) is 6.49. The van der Waals surface area contributed by atoms with E-state index in [1.54, 1.807) is 6.92 Å². The summed E-state index contributed by atoms with van der Waals surface area (Å²) < 4.78 is 10.8. The topological polar surface area (TPSA) is 65.2 Å². The fraction of sp³-hybridized carbons (Fsp3) is 0.769. The van der Waals surface area contributed by atoms with Gasteiger partial charge in [-0.3, -0.25) is 4.79 Å². The van der Waals surface area contributed by atoms with Crippen LogP contribution in [0.15, 0.2) is 4.52 Å². The molecular formula is C13H22N2O3. The number of hydrogen-bond donors (Lipinski definition) is 0. The van der Waals surface area contributed by atoms with Crippen LogP contribution in [0.2, 0.25) is 0 Å². The third-order valence-corrected chi connectivity index (χ3v) is 2.87. The maximum Gasteiger partial charge on any atom is 0.237 e. The summed E-state index contributed by atoms with van der Waals surface area (Å²) >= 11 is 0. The van der Waals surface area contributed by atoms with Crippen molar-refractivity contribution in [2.24, 2.45) is 5.92 Å². The summed E-state index contributed by atoms with van der Waals surface area (Å²) in [6.45, 7) is 10.2. The Morgan fingerprint density at radius 1 is 1.33 bits per heavy atom. The monoisotopic (exact) mass is 254 g/mol. The second-order valence-electron chi connectivity index (χ2n) is 4.65. The highest BCUT2D eigenvalue weighted by molar-refractivity contribution is 5.83. The summed E-state index contributed by atoms with van der Waals surface area (Å²) in [5.74, 6) is 0.917. The van der Waals surface area contributed by atoms with Gasteiger partial charge in [-0.05, 0) is 19.8 Å². The lowest BCUT2D eigenvalue weighted by molar-refractivity contribution is -0.120. The molecule has 0 spiro atoms. The largest absolute Gasteiger partial charge is 0.370 e. The molecule has 0 bridgehead atoms. The van der Waals surface area contributed by atoms with Gasteiger partial charge in [0, 0.05) is 13.0 Å². The number of aromatic nitrogens is 2. The Morgan fingerprint density at radius 3 is 2.50 bits per heavy atom. The second-order valence-corrected chi connectivity index (χ2v) is 4.65. The fourth-order valence-electron chi connectivity index (χ4n) is 1.73. The minimum absolute atomic E-state index is 0.0997. The predicted molar refractivity (Wildman–Crippen MR) is 67.2 cm³/mol. The van der Waals surface area contributed by atoms with Crippen LogP contribution in [-0.2, 0) is 9.53 Å². The maximum atomic E-state index is 11.6. The Balaban J connectivity index is 2.87. The molecule has 5 heteroatoms. The molecule has 2 atom stereocenters. The minimum atomic E-state index is -0.342.